The summed E-state index contributed by atoms with van der Waals surface area (Å²) < 4.78 is 0. The minimum absolute atomic E-state index is 0.479. The molecular weight excluding hydrogens is 216 g/mol. The van der Waals surface area contributed by atoms with Crippen molar-refractivity contribution in [2.45, 2.75) is 26.9 Å². The normalized spacial score (nSPS) is 12.5. The fourth-order valence-electron chi connectivity index (χ4n) is 1.50. The Labute approximate surface area is 99.6 Å². The minimum atomic E-state index is -0.567. The van der Waals surface area contributed by atoms with Crippen molar-refractivity contribution in [3.8, 4) is 11.6 Å². The molecule has 0 saturated heterocycles. The summed E-state index contributed by atoms with van der Waals surface area (Å²) in [4.78, 5) is 16.8. The van der Waals surface area contributed by atoms with E-state index in [9.17, 15) is 5.11 Å². The summed E-state index contributed by atoms with van der Waals surface area (Å²) in [6, 6.07) is 0. The average molecular weight is 230 g/mol. The zero-order valence-electron chi connectivity index (χ0n) is 10.0. The molecule has 0 aliphatic rings. The van der Waals surface area contributed by atoms with Gasteiger partial charge in [0.2, 0.25) is 0 Å². The van der Waals surface area contributed by atoms with Crippen LogP contribution in [0.4, 0.5) is 0 Å². The molecule has 5 nitrogen and oxygen atoms in total. The van der Waals surface area contributed by atoms with Gasteiger partial charge < -0.3 is 5.11 Å². The van der Waals surface area contributed by atoms with Crippen LogP contribution in [0.3, 0.4) is 0 Å². The summed E-state index contributed by atoms with van der Waals surface area (Å²) in [5, 5.41) is 9.49. The SMILES string of the molecule is Cc1cnc(-c2ncc([C@@H](C)O)c(C)n2)nc1. The lowest BCUT2D eigenvalue weighted by Gasteiger charge is -2.08. The second kappa shape index (κ2) is 4.55. The van der Waals surface area contributed by atoms with Gasteiger partial charge in [-0.15, -0.1) is 0 Å². The highest BCUT2D eigenvalue weighted by molar-refractivity contribution is 5.43. The average Bonchev–Trinajstić information content (AvgIpc) is 2.29. The molecule has 0 saturated carbocycles. The van der Waals surface area contributed by atoms with E-state index in [0.717, 1.165) is 16.8 Å². The van der Waals surface area contributed by atoms with Crippen molar-refractivity contribution in [1.29, 1.82) is 0 Å². The third kappa shape index (κ3) is 2.45. The van der Waals surface area contributed by atoms with Crippen molar-refractivity contribution in [3.05, 3.63) is 35.4 Å². The van der Waals surface area contributed by atoms with E-state index in [-0.39, 0.29) is 0 Å². The Kier molecular flexibility index (Phi) is 3.10. The zero-order valence-corrected chi connectivity index (χ0v) is 10.0. The molecule has 2 aromatic rings. The largest absolute Gasteiger partial charge is 0.389 e. The molecule has 0 amide bonds. The molecule has 0 aromatic carbocycles. The third-order valence-corrected chi connectivity index (χ3v) is 2.45. The first kappa shape index (κ1) is 11.6. The molecule has 5 heteroatoms. The fraction of sp³-hybridized carbons (Fsp3) is 0.333. The van der Waals surface area contributed by atoms with E-state index in [4.69, 9.17) is 0 Å². The van der Waals surface area contributed by atoms with Gasteiger partial charge in [-0.1, -0.05) is 0 Å². The molecule has 1 N–H and O–H groups in total. The summed E-state index contributed by atoms with van der Waals surface area (Å²) in [5.41, 5.74) is 2.46. The van der Waals surface area contributed by atoms with Crippen LogP contribution in [0.1, 0.15) is 29.8 Å². The molecule has 1 atom stereocenters. The molecule has 0 unspecified atom stereocenters. The molecule has 2 aromatic heterocycles. The standard InChI is InChI=1S/C12H14N4O/c1-7-4-13-11(14-5-7)12-15-6-10(9(3)17)8(2)16-12/h4-6,9,17H,1-3H3/t9-/m1/s1. The summed E-state index contributed by atoms with van der Waals surface area (Å²) in [5.74, 6) is 0.975. The minimum Gasteiger partial charge on any atom is -0.389 e. The van der Waals surface area contributed by atoms with Crippen molar-refractivity contribution in [2.75, 3.05) is 0 Å². The molecule has 0 bridgehead atoms. The van der Waals surface area contributed by atoms with Crippen molar-refractivity contribution in [2.24, 2.45) is 0 Å². The van der Waals surface area contributed by atoms with Gasteiger partial charge in [-0.05, 0) is 26.3 Å². The van der Waals surface area contributed by atoms with Crippen molar-refractivity contribution >= 4 is 0 Å². The lowest BCUT2D eigenvalue weighted by atomic mass is 10.1. The smallest absolute Gasteiger partial charge is 0.197 e. The summed E-state index contributed by atoms with van der Waals surface area (Å²) in [6.07, 6.45) is 4.50. The van der Waals surface area contributed by atoms with Crippen LogP contribution in [0.25, 0.3) is 11.6 Å². The predicted molar refractivity (Wildman–Crippen MR) is 63.2 cm³/mol. The number of aliphatic hydroxyl groups excluding tert-OH is 1. The van der Waals surface area contributed by atoms with Gasteiger partial charge in [0, 0.05) is 29.8 Å². The number of rotatable bonds is 2. The molecule has 0 fully saturated rings. The molecule has 17 heavy (non-hydrogen) atoms. The Hall–Kier alpha value is -1.88. The third-order valence-electron chi connectivity index (χ3n) is 2.45. The summed E-state index contributed by atoms with van der Waals surface area (Å²) in [7, 11) is 0. The van der Waals surface area contributed by atoms with E-state index in [1.165, 1.54) is 0 Å². The van der Waals surface area contributed by atoms with Gasteiger partial charge in [-0.2, -0.15) is 0 Å². The van der Waals surface area contributed by atoms with Crippen molar-refractivity contribution in [3.63, 3.8) is 0 Å². The van der Waals surface area contributed by atoms with Crippen LogP contribution < -0.4 is 0 Å². The highest BCUT2D eigenvalue weighted by Crippen LogP contribution is 2.17. The van der Waals surface area contributed by atoms with Gasteiger partial charge >= 0.3 is 0 Å². The fourth-order valence-corrected chi connectivity index (χ4v) is 1.50. The van der Waals surface area contributed by atoms with Crippen LogP contribution >= 0.6 is 0 Å². The lowest BCUT2D eigenvalue weighted by molar-refractivity contribution is 0.197. The van der Waals surface area contributed by atoms with Gasteiger partial charge in [-0.3, -0.25) is 0 Å². The maximum atomic E-state index is 9.49. The van der Waals surface area contributed by atoms with E-state index in [2.05, 4.69) is 19.9 Å². The van der Waals surface area contributed by atoms with Crippen LogP contribution in [0, 0.1) is 13.8 Å². The molecule has 0 aliphatic carbocycles. The molecule has 88 valence electrons. The van der Waals surface area contributed by atoms with Gasteiger partial charge in [0.05, 0.1) is 6.10 Å². The Morgan fingerprint density at radius 1 is 1.00 bits per heavy atom. The highest BCUT2D eigenvalue weighted by Gasteiger charge is 2.10. The number of hydrogen-bond donors (Lipinski definition) is 1. The van der Waals surface area contributed by atoms with Crippen molar-refractivity contribution < 1.29 is 5.11 Å². The molecule has 2 rings (SSSR count). The topological polar surface area (TPSA) is 71.8 Å². The predicted octanol–water partition coefficient (Wildman–Crippen LogP) is 1.60. The molecule has 0 radical (unpaired) electrons. The summed E-state index contributed by atoms with van der Waals surface area (Å²) in [6.45, 7) is 5.45. The number of nitrogens with zero attached hydrogens (tertiary/aromatic N) is 4. The van der Waals surface area contributed by atoms with Gasteiger partial charge in [0.25, 0.3) is 0 Å². The van der Waals surface area contributed by atoms with Gasteiger partial charge in [0.15, 0.2) is 11.6 Å². The number of aryl methyl sites for hydroxylation is 2. The van der Waals surface area contributed by atoms with Crippen molar-refractivity contribution in [1.82, 2.24) is 19.9 Å². The Bertz CT molecular complexity index is 523. The number of aliphatic hydroxyl groups is 1. The molecule has 2 heterocycles. The second-order valence-corrected chi connectivity index (χ2v) is 3.99. The van der Waals surface area contributed by atoms with Gasteiger partial charge in [0.1, 0.15) is 0 Å². The quantitative estimate of drug-likeness (QED) is 0.848. The van der Waals surface area contributed by atoms with E-state index >= 15 is 0 Å². The monoisotopic (exact) mass is 230 g/mol. The van der Waals surface area contributed by atoms with E-state index in [0.29, 0.717) is 11.6 Å². The van der Waals surface area contributed by atoms with E-state index in [1.807, 2.05) is 13.8 Å². The van der Waals surface area contributed by atoms with Crippen LogP contribution in [0.5, 0.6) is 0 Å². The van der Waals surface area contributed by atoms with Gasteiger partial charge in [-0.25, -0.2) is 19.9 Å². The lowest BCUT2D eigenvalue weighted by Crippen LogP contribution is -2.02. The van der Waals surface area contributed by atoms with Crippen LogP contribution in [0.2, 0.25) is 0 Å². The maximum Gasteiger partial charge on any atom is 0.197 e. The molecular formula is C12H14N4O. The van der Waals surface area contributed by atoms with Crippen LogP contribution in [-0.2, 0) is 0 Å². The van der Waals surface area contributed by atoms with Crippen LogP contribution in [-0.4, -0.2) is 25.0 Å². The zero-order chi connectivity index (χ0) is 12.4. The second-order valence-electron chi connectivity index (χ2n) is 3.99. The van der Waals surface area contributed by atoms with Crippen LogP contribution in [0.15, 0.2) is 18.6 Å². The number of hydrogen-bond acceptors (Lipinski definition) is 5. The Morgan fingerprint density at radius 2 is 1.59 bits per heavy atom. The summed E-state index contributed by atoms with van der Waals surface area (Å²) >= 11 is 0. The first-order valence-corrected chi connectivity index (χ1v) is 5.38. The molecule has 0 spiro atoms. The van der Waals surface area contributed by atoms with E-state index in [1.54, 1.807) is 25.5 Å². The Morgan fingerprint density at radius 3 is 2.12 bits per heavy atom. The Balaban J connectivity index is 2.41. The highest BCUT2D eigenvalue weighted by atomic mass is 16.3. The van der Waals surface area contributed by atoms with E-state index < -0.39 is 6.10 Å². The first-order chi connectivity index (χ1) is 8.08. The first-order valence-electron chi connectivity index (χ1n) is 5.38. The number of aromatic nitrogens is 4. The molecule has 0 aliphatic heterocycles. The maximum absolute atomic E-state index is 9.49.